The number of carbonyl (C=O) groups is 3. The highest BCUT2D eigenvalue weighted by atomic mass is 32.2. The summed E-state index contributed by atoms with van der Waals surface area (Å²) in [5.74, 6) is -0.651. The number of nitrogens with two attached hydrogens (primary N) is 1. The van der Waals surface area contributed by atoms with E-state index in [1.807, 2.05) is 0 Å². The summed E-state index contributed by atoms with van der Waals surface area (Å²) in [6, 6.07) is -1.27. The van der Waals surface area contributed by atoms with Crippen molar-refractivity contribution in [1.29, 1.82) is 0 Å². The van der Waals surface area contributed by atoms with E-state index in [0.717, 1.165) is 6.42 Å². The van der Waals surface area contributed by atoms with E-state index in [2.05, 4.69) is 0 Å². The number of carboxylic acids is 1. The average Bonchev–Trinajstić information content (AvgIpc) is 2.87. The molecule has 0 aromatic carbocycles. The molecule has 0 aliphatic carbocycles. The lowest BCUT2D eigenvalue weighted by atomic mass is 9.96. The molecule has 0 bridgehead atoms. The standard InChI is InChI=1S/C11H17N3O4S/c12-11(18)13-3-1-2-7(4-13)9(15)14-6-19-5-8(14)10(16)17/h7-8H,1-6H2,(H2,12,18)(H,16,17). The molecular formula is C11H17N3O4S. The Bertz CT molecular complexity index is 403. The second-order valence-corrected chi connectivity index (χ2v) is 5.79. The largest absolute Gasteiger partial charge is 0.480 e. The molecule has 0 aromatic rings. The maximum Gasteiger partial charge on any atom is 0.327 e. The zero-order valence-corrected chi connectivity index (χ0v) is 11.3. The number of carbonyl (C=O) groups excluding carboxylic acids is 2. The van der Waals surface area contributed by atoms with Crippen molar-refractivity contribution in [3.8, 4) is 0 Å². The highest BCUT2D eigenvalue weighted by Crippen LogP contribution is 2.26. The van der Waals surface area contributed by atoms with Crippen molar-refractivity contribution >= 4 is 29.7 Å². The normalized spacial score (nSPS) is 27.4. The summed E-state index contributed by atoms with van der Waals surface area (Å²) in [4.78, 5) is 37.4. The minimum absolute atomic E-state index is 0.177. The van der Waals surface area contributed by atoms with Crippen LogP contribution in [0, 0.1) is 5.92 Å². The van der Waals surface area contributed by atoms with Gasteiger partial charge in [0.15, 0.2) is 0 Å². The number of hydrogen-bond donors (Lipinski definition) is 2. The van der Waals surface area contributed by atoms with Crippen molar-refractivity contribution in [1.82, 2.24) is 9.80 Å². The van der Waals surface area contributed by atoms with E-state index in [1.165, 1.54) is 21.6 Å². The lowest BCUT2D eigenvalue weighted by Gasteiger charge is -2.33. The highest BCUT2D eigenvalue weighted by Gasteiger charge is 2.39. The lowest BCUT2D eigenvalue weighted by molar-refractivity contribution is -0.150. The molecular weight excluding hydrogens is 270 g/mol. The molecule has 0 radical (unpaired) electrons. The Morgan fingerprint density at radius 1 is 1.32 bits per heavy atom. The first kappa shape index (κ1) is 14.0. The fourth-order valence-corrected chi connectivity index (χ4v) is 3.63. The molecule has 19 heavy (non-hydrogen) atoms. The number of urea groups is 1. The molecule has 0 saturated carbocycles. The molecule has 2 fully saturated rings. The first-order valence-corrected chi connectivity index (χ1v) is 7.31. The Morgan fingerprint density at radius 2 is 2.05 bits per heavy atom. The number of thioether (sulfide) groups is 1. The second-order valence-electron chi connectivity index (χ2n) is 4.79. The van der Waals surface area contributed by atoms with Gasteiger partial charge < -0.3 is 20.6 Å². The number of hydrogen-bond acceptors (Lipinski definition) is 4. The number of carboxylic acid groups (broad SMARTS) is 1. The van der Waals surface area contributed by atoms with E-state index >= 15 is 0 Å². The van der Waals surface area contributed by atoms with Crippen molar-refractivity contribution < 1.29 is 19.5 Å². The number of nitrogens with zero attached hydrogens (tertiary/aromatic N) is 2. The highest BCUT2D eigenvalue weighted by molar-refractivity contribution is 7.99. The molecule has 2 aliphatic heterocycles. The van der Waals surface area contributed by atoms with Gasteiger partial charge >= 0.3 is 12.0 Å². The molecule has 2 aliphatic rings. The molecule has 2 atom stereocenters. The van der Waals surface area contributed by atoms with Gasteiger partial charge in [0.2, 0.25) is 5.91 Å². The Kier molecular flexibility index (Phi) is 4.18. The van der Waals surface area contributed by atoms with Crippen LogP contribution in [0.15, 0.2) is 0 Å². The van der Waals surface area contributed by atoms with E-state index < -0.39 is 18.0 Å². The van der Waals surface area contributed by atoms with Crippen molar-refractivity contribution in [2.75, 3.05) is 24.7 Å². The van der Waals surface area contributed by atoms with Crippen LogP contribution in [0.3, 0.4) is 0 Å². The van der Waals surface area contributed by atoms with Crippen molar-refractivity contribution in [3.63, 3.8) is 0 Å². The molecule has 2 heterocycles. The third kappa shape index (κ3) is 2.94. The number of likely N-dealkylation sites (tertiary alicyclic amines) is 1. The molecule has 0 aromatic heterocycles. The van der Waals surface area contributed by atoms with Gasteiger partial charge in [0.25, 0.3) is 0 Å². The lowest BCUT2D eigenvalue weighted by Crippen LogP contribution is -2.50. The number of rotatable bonds is 2. The van der Waals surface area contributed by atoms with Crippen LogP contribution in [-0.2, 0) is 9.59 Å². The molecule has 0 spiro atoms. The van der Waals surface area contributed by atoms with Gasteiger partial charge in [0.05, 0.1) is 11.8 Å². The molecule has 3 N–H and O–H groups in total. The van der Waals surface area contributed by atoms with E-state index in [9.17, 15) is 14.4 Å². The summed E-state index contributed by atoms with van der Waals surface area (Å²) < 4.78 is 0. The van der Waals surface area contributed by atoms with E-state index in [-0.39, 0.29) is 11.8 Å². The van der Waals surface area contributed by atoms with Crippen LogP contribution in [0.1, 0.15) is 12.8 Å². The van der Waals surface area contributed by atoms with Gasteiger partial charge in [-0.3, -0.25) is 4.79 Å². The van der Waals surface area contributed by atoms with Crippen LogP contribution in [0.2, 0.25) is 0 Å². The molecule has 3 amide bonds. The van der Waals surface area contributed by atoms with Crippen molar-refractivity contribution in [2.24, 2.45) is 11.7 Å². The molecule has 2 unspecified atom stereocenters. The predicted molar refractivity (Wildman–Crippen MR) is 69.5 cm³/mol. The first-order chi connectivity index (χ1) is 9.00. The third-order valence-electron chi connectivity index (χ3n) is 3.53. The zero-order chi connectivity index (χ0) is 14.0. The molecule has 2 saturated heterocycles. The number of piperidine rings is 1. The van der Waals surface area contributed by atoms with Crippen molar-refractivity contribution in [3.05, 3.63) is 0 Å². The van der Waals surface area contributed by atoms with Gasteiger partial charge in [-0.25, -0.2) is 9.59 Å². The number of aliphatic carboxylic acids is 1. The Morgan fingerprint density at radius 3 is 2.68 bits per heavy atom. The predicted octanol–water partition coefficient (Wildman–Crippen LogP) is -0.237. The second kappa shape index (κ2) is 5.68. The minimum Gasteiger partial charge on any atom is -0.480 e. The molecule has 106 valence electrons. The Balaban J connectivity index is 2.02. The Hall–Kier alpha value is -1.44. The summed E-state index contributed by atoms with van der Waals surface area (Å²) >= 11 is 1.44. The third-order valence-corrected chi connectivity index (χ3v) is 4.54. The minimum atomic E-state index is -0.971. The SMILES string of the molecule is NC(=O)N1CCCC(C(=O)N2CSCC2C(=O)O)C1. The van der Waals surface area contributed by atoms with Gasteiger partial charge in [-0.15, -0.1) is 11.8 Å². The van der Waals surface area contributed by atoms with Gasteiger partial charge in [0.1, 0.15) is 6.04 Å². The van der Waals surface area contributed by atoms with Crippen molar-refractivity contribution in [2.45, 2.75) is 18.9 Å². The molecule has 8 heteroatoms. The van der Waals surface area contributed by atoms with Crippen LogP contribution in [-0.4, -0.2) is 63.6 Å². The van der Waals surface area contributed by atoms with Crippen LogP contribution >= 0.6 is 11.8 Å². The van der Waals surface area contributed by atoms with Crippen LogP contribution < -0.4 is 5.73 Å². The van der Waals surface area contributed by atoms with Gasteiger partial charge in [-0.1, -0.05) is 0 Å². The fourth-order valence-electron chi connectivity index (χ4n) is 2.48. The smallest absolute Gasteiger partial charge is 0.327 e. The summed E-state index contributed by atoms with van der Waals surface area (Å²) in [6.07, 6.45) is 1.40. The first-order valence-electron chi connectivity index (χ1n) is 6.16. The quantitative estimate of drug-likeness (QED) is 0.729. The van der Waals surface area contributed by atoms with Gasteiger partial charge in [-0.05, 0) is 12.8 Å². The maximum absolute atomic E-state index is 12.4. The van der Waals surface area contributed by atoms with E-state index in [1.54, 1.807) is 0 Å². The van der Waals surface area contributed by atoms with Crippen LogP contribution in [0.4, 0.5) is 4.79 Å². The average molecular weight is 287 g/mol. The summed E-state index contributed by atoms with van der Waals surface area (Å²) in [6.45, 7) is 0.859. The maximum atomic E-state index is 12.4. The molecule has 2 rings (SSSR count). The topological polar surface area (TPSA) is 104 Å². The van der Waals surface area contributed by atoms with Crippen LogP contribution in [0.25, 0.3) is 0 Å². The van der Waals surface area contributed by atoms with E-state index in [0.29, 0.717) is 31.1 Å². The molecule has 7 nitrogen and oxygen atoms in total. The summed E-state index contributed by atoms with van der Waals surface area (Å²) in [5, 5.41) is 9.08. The number of amides is 3. The van der Waals surface area contributed by atoms with Crippen LogP contribution in [0.5, 0.6) is 0 Å². The van der Waals surface area contributed by atoms with Gasteiger partial charge in [0, 0.05) is 18.8 Å². The number of primary amides is 1. The zero-order valence-electron chi connectivity index (χ0n) is 10.4. The fraction of sp³-hybridized carbons (Fsp3) is 0.727. The summed E-state index contributed by atoms with van der Waals surface area (Å²) in [5.41, 5.74) is 5.22. The summed E-state index contributed by atoms with van der Waals surface area (Å²) in [7, 11) is 0. The Labute approximate surface area is 115 Å². The van der Waals surface area contributed by atoms with Gasteiger partial charge in [-0.2, -0.15) is 0 Å². The monoisotopic (exact) mass is 287 g/mol. The van der Waals surface area contributed by atoms with E-state index in [4.69, 9.17) is 10.8 Å².